The Labute approximate surface area is 117 Å². The predicted molar refractivity (Wildman–Crippen MR) is 71.8 cm³/mol. The summed E-state index contributed by atoms with van der Waals surface area (Å²) in [5.74, 6) is -1.48. The minimum atomic E-state index is -0.488. The number of carbonyl (C=O) groups is 2. The number of halogens is 1. The van der Waals surface area contributed by atoms with Gasteiger partial charge in [0.15, 0.2) is 0 Å². The molecule has 1 atom stereocenters. The molecule has 0 N–H and O–H groups in total. The third-order valence-corrected chi connectivity index (χ3v) is 3.67. The Morgan fingerprint density at radius 2 is 2.15 bits per heavy atom. The van der Waals surface area contributed by atoms with Crippen LogP contribution in [0, 0.1) is 18.7 Å². The summed E-state index contributed by atoms with van der Waals surface area (Å²) in [7, 11) is 1.34. The van der Waals surface area contributed by atoms with Gasteiger partial charge in [-0.3, -0.25) is 9.59 Å². The fourth-order valence-electron chi connectivity index (χ4n) is 2.50. The molecule has 2 rings (SSSR count). The molecule has 4 nitrogen and oxygen atoms in total. The lowest BCUT2D eigenvalue weighted by Gasteiger charge is -2.31. The minimum absolute atomic E-state index is 0.0653. The van der Waals surface area contributed by atoms with Gasteiger partial charge in [0.05, 0.1) is 18.6 Å². The largest absolute Gasteiger partial charge is 0.469 e. The summed E-state index contributed by atoms with van der Waals surface area (Å²) in [6.45, 7) is 2.46. The number of piperidine rings is 1. The maximum atomic E-state index is 14.0. The molecule has 1 aromatic carbocycles. The summed E-state index contributed by atoms with van der Waals surface area (Å²) in [6, 6.07) is 4.76. The van der Waals surface area contributed by atoms with Gasteiger partial charge in [0, 0.05) is 13.1 Å². The number of amides is 1. The minimum Gasteiger partial charge on any atom is -0.469 e. The first-order valence-electron chi connectivity index (χ1n) is 6.66. The number of nitrogens with zero attached hydrogens (tertiary/aromatic N) is 1. The van der Waals surface area contributed by atoms with Crippen LogP contribution >= 0.6 is 0 Å². The zero-order valence-electron chi connectivity index (χ0n) is 11.7. The van der Waals surface area contributed by atoms with Crippen LogP contribution in [0.5, 0.6) is 0 Å². The lowest BCUT2D eigenvalue weighted by atomic mass is 9.97. The first-order chi connectivity index (χ1) is 9.54. The number of ether oxygens (including phenoxy) is 1. The van der Waals surface area contributed by atoms with E-state index in [9.17, 15) is 14.0 Å². The first-order valence-corrected chi connectivity index (χ1v) is 6.66. The van der Waals surface area contributed by atoms with Crippen LogP contribution in [0.4, 0.5) is 4.39 Å². The van der Waals surface area contributed by atoms with E-state index in [0.717, 1.165) is 6.42 Å². The second-order valence-electron chi connectivity index (χ2n) is 5.05. The molecule has 1 aromatic rings. The molecule has 1 saturated heterocycles. The maximum absolute atomic E-state index is 14.0. The summed E-state index contributed by atoms with van der Waals surface area (Å²) < 4.78 is 18.7. The zero-order valence-corrected chi connectivity index (χ0v) is 11.7. The SMILES string of the molecule is COC(=O)C1CCCN(C(=O)c2cccc(C)c2F)C1. The average Bonchev–Trinajstić information content (AvgIpc) is 2.48. The standard InChI is InChI=1S/C15H18FNO3/c1-10-5-3-7-12(13(10)16)14(18)17-8-4-6-11(9-17)15(19)20-2/h3,5,7,11H,4,6,8-9H2,1-2H3. The van der Waals surface area contributed by atoms with Gasteiger partial charge in [-0.1, -0.05) is 12.1 Å². The monoisotopic (exact) mass is 279 g/mol. The van der Waals surface area contributed by atoms with Gasteiger partial charge < -0.3 is 9.64 Å². The molecule has 0 aliphatic carbocycles. The third-order valence-electron chi connectivity index (χ3n) is 3.67. The second kappa shape index (κ2) is 6.03. The van der Waals surface area contributed by atoms with Crippen molar-refractivity contribution >= 4 is 11.9 Å². The van der Waals surface area contributed by atoms with Crippen LogP contribution in [0.25, 0.3) is 0 Å². The highest BCUT2D eigenvalue weighted by Crippen LogP contribution is 2.21. The second-order valence-corrected chi connectivity index (χ2v) is 5.05. The fourth-order valence-corrected chi connectivity index (χ4v) is 2.50. The summed E-state index contributed by atoms with van der Waals surface area (Å²) in [6.07, 6.45) is 1.42. The maximum Gasteiger partial charge on any atom is 0.310 e. The topological polar surface area (TPSA) is 46.6 Å². The summed E-state index contributed by atoms with van der Waals surface area (Å²) in [4.78, 5) is 25.5. The molecule has 1 aliphatic rings. The van der Waals surface area contributed by atoms with Crippen LogP contribution in [-0.4, -0.2) is 37.0 Å². The van der Waals surface area contributed by atoms with Gasteiger partial charge >= 0.3 is 5.97 Å². The molecule has 1 amide bonds. The lowest BCUT2D eigenvalue weighted by Crippen LogP contribution is -2.43. The van der Waals surface area contributed by atoms with Gasteiger partial charge in [-0.15, -0.1) is 0 Å². The molecule has 0 bridgehead atoms. The third kappa shape index (κ3) is 2.81. The average molecular weight is 279 g/mol. The van der Waals surface area contributed by atoms with E-state index in [1.54, 1.807) is 19.1 Å². The molecular formula is C15H18FNO3. The van der Waals surface area contributed by atoms with Crippen LogP contribution in [0.2, 0.25) is 0 Å². The molecule has 0 saturated carbocycles. The van der Waals surface area contributed by atoms with Crippen LogP contribution < -0.4 is 0 Å². The molecule has 0 aromatic heterocycles. The molecule has 1 unspecified atom stereocenters. The highest BCUT2D eigenvalue weighted by molar-refractivity contribution is 5.95. The van der Waals surface area contributed by atoms with Crippen molar-refractivity contribution in [1.82, 2.24) is 4.90 Å². The summed E-state index contributed by atoms with van der Waals surface area (Å²) >= 11 is 0. The van der Waals surface area contributed by atoms with Gasteiger partial charge in [0.1, 0.15) is 5.82 Å². The van der Waals surface area contributed by atoms with Crippen molar-refractivity contribution in [3.8, 4) is 0 Å². The van der Waals surface area contributed by atoms with Crippen molar-refractivity contribution in [2.45, 2.75) is 19.8 Å². The van der Waals surface area contributed by atoms with Gasteiger partial charge in [-0.2, -0.15) is 0 Å². The Kier molecular flexibility index (Phi) is 4.37. The first kappa shape index (κ1) is 14.5. The van der Waals surface area contributed by atoms with E-state index >= 15 is 0 Å². The Bertz CT molecular complexity index is 530. The van der Waals surface area contributed by atoms with Crippen LogP contribution in [0.3, 0.4) is 0 Å². The number of likely N-dealkylation sites (tertiary alicyclic amines) is 1. The van der Waals surface area contributed by atoms with E-state index < -0.39 is 5.82 Å². The number of rotatable bonds is 2. The molecule has 0 spiro atoms. The number of hydrogen-bond donors (Lipinski definition) is 0. The van der Waals surface area contributed by atoms with Crippen molar-refractivity contribution in [3.63, 3.8) is 0 Å². The number of carbonyl (C=O) groups excluding carboxylic acids is 2. The molecule has 1 heterocycles. The molecule has 1 fully saturated rings. The van der Waals surface area contributed by atoms with Crippen molar-refractivity contribution in [1.29, 1.82) is 0 Å². The van der Waals surface area contributed by atoms with E-state index in [0.29, 0.717) is 25.1 Å². The van der Waals surface area contributed by atoms with Gasteiger partial charge in [0.2, 0.25) is 0 Å². The molecule has 1 aliphatic heterocycles. The van der Waals surface area contributed by atoms with E-state index in [1.165, 1.54) is 18.1 Å². The number of hydrogen-bond acceptors (Lipinski definition) is 3. The number of esters is 1. The Morgan fingerprint density at radius 1 is 1.40 bits per heavy atom. The number of methoxy groups -OCH3 is 1. The molecule has 108 valence electrons. The Balaban J connectivity index is 2.16. The van der Waals surface area contributed by atoms with Crippen LogP contribution in [0.1, 0.15) is 28.8 Å². The predicted octanol–water partition coefficient (Wildman–Crippen LogP) is 2.16. The highest BCUT2D eigenvalue weighted by atomic mass is 19.1. The molecule has 20 heavy (non-hydrogen) atoms. The summed E-state index contributed by atoms with van der Waals surface area (Å²) in [5, 5.41) is 0. The molecule has 0 radical (unpaired) electrons. The lowest BCUT2D eigenvalue weighted by molar-refractivity contribution is -0.146. The summed E-state index contributed by atoms with van der Waals surface area (Å²) in [5.41, 5.74) is 0.507. The number of benzene rings is 1. The molecule has 5 heteroatoms. The van der Waals surface area contributed by atoms with Gasteiger partial charge in [0.25, 0.3) is 5.91 Å². The quantitative estimate of drug-likeness (QED) is 0.779. The van der Waals surface area contributed by atoms with E-state index in [2.05, 4.69) is 0 Å². The highest BCUT2D eigenvalue weighted by Gasteiger charge is 2.30. The van der Waals surface area contributed by atoms with Crippen molar-refractivity contribution in [2.75, 3.05) is 20.2 Å². The van der Waals surface area contributed by atoms with Crippen molar-refractivity contribution < 1.29 is 18.7 Å². The smallest absolute Gasteiger partial charge is 0.310 e. The van der Waals surface area contributed by atoms with Crippen LogP contribution in [-0.2, 0) is 9.53 Å². The van der Waals surface area contributed by atoms with Crippen molar-refractivity contribution in [2.24, 2.45) is 5.92 Å². The van der Waals surface area contributed by atoms with Gasteiger partial charge in [-0.05, 0) is 31.4 Å². The Morgan fingerprint density at radius 3 is 2.85 bits per heavy atom. The normalized spacial score (nSPS) is 18.8. The zero-order chi connectivity index (χ0) is 14.7. The van der Waals surface area contributed by atoms with Crippen LogP contribution in [0.15, 0.2) is 18.2 Å². The van der Waals surface area contributed by atoms with Crippen molar-refractivity contribution in [3.05, 3.63) is 35.1 Å². The number of aryl methyl sites for hydroxylation is 1. The fraction of sp³-hybridized carbons (Fsp3) is 0.467. The Hall–Kier alpha value is -1.91. The van der Waals surface area contributed by atoms with E-state index in [1.807, 2.05) is 0 Å². The van der Waals surface area contributed by atoms with E-state index in [4.69, 9.17) is 4.74 Å². The molecular weight excluding hydrogens is 261 g/mol. The van der Waals surface area contributed by atoms with E-state index in [-0.39, 0.29) is 23.4 Å². The van der Waals surface area contributed by atoms with Gasteiger partial charge in [-0.25, -0.2) is 4.39 Å².